The first-order chi connectivity index (χ1) is 15.4. The molecule has 4 aromatic heterocycles. The summed E-state index contributed by atoms with van der Waals surface area (Å²) in [4.78, 5) is 15.1. The second-order valence-corrected chi connectivity index (χ2v) is 10.2. The van der Waals surface area contributed by atoms with Crippen LogP contribution in [0.25, 0.3) is 26.9 Å². The average molecular weight is 451 g/mol. The van der Waals surface area contributed by atoms with E-state index >= 15 is 0 Å². The number of pyridine rings is 1. The van der Waals surface area contributed by atoms with Crippen LogP contribution in [0.3, 0.4) is 0 Å². The van der Waals surface area contributed by atoms with Gasteiger partial charge in [0.25, 0.3) is 0 Å². The van der Waals surface area contributed by atoms with Gasteiger partial charge in [0.2, 0.25) is 4.96 Å². The molecule has 5 heterocycles. The van der Waals surface area contributed by atoms with Gasteiger partial charge in [0.05, 0.1) is 34.7 Å². The number of ether oxygens (including phenoxy) is 1. The minimum atomic E-state index is -0.274. The lowest BCUT2D eigenvalue weighted by molar-refractivity contribution is -0.0688. The Balaban J connectivity index is 1.55. The van der Waals surface area contributed by atoms with Crippen LogP contribution < -0.4 is 0 Å². The van der Waals surface area contributed by atoms with Crippen LogP contribution in [0.1, 0.15) is 49.3 Å². The van der Waals surface area contributed by atoms with Crippen LogP contribution >= 0.6 is 11.3 Å². The number of aryl methyl sites for hydroxylation is 1. The van der Waals surface area contributed by atoms with E-state index in [4.69, 9.17) is 14.7 Å². The molecule has 1 unspecified atom stereocenters. The van der Waals surface area contributed by atoms with E-state index in [-0.39, 0.29) is 17.5 Å². The quantitative estimate of drug-likeness (QED) is 0.393. The second-order valence-electron chi connectivity index (χ2n) is 9.06. The molecule has 9 heteroatoms. The molecule has 1 aliphatic rings. The number of imidazole rings is 2. The van der Waals surface area contributed by atoms with E-state index in [9.17, 15) is 4.39 Å². The molecule has 0 spiro atoms. The summed E-state index contributed by atoms with van der Waals surface area (Å²) >= 11 is 1.57. The van der Waals surface area contributed by atoms with Crippen LogP contribution in [0, 0.1) is 12.7 Å². The lowest BCUT2D eigenvalue weighted by Crippen LogP contribution is -2.35. The Hall–Kier alpha value is -2.91. The van der Waals surface area contributed by atoms with Crippen LogP contribution in [0.2, 0.25) is 0 Å². The van der Waals surface area contributed by atoms with Crippen LogP contribution in [-0.2, 0) is 11.2 Å². The molecule has 0 radical (unpaired) electrons. The van der Waals surface area contributed by atoms with Crippen LogP contribution in [0.4, 0.5) is 4.39 Å². The van der Waals surface area contributed by atoms with Crippen LogP contribution in [0.5, 0.6) is 0 Å². The number of rotatable bonds is 3. The minimum Gasteiger partial charge on any atom is -0.375 e. The van der Waals surface area contributed by atoms with Gasteiger partial charge in [-0.05, 0) is 51.8 Å². The van der Waals surface area contributed by atoms with E-state index in [1.807, 2.05) is 17.6 Å². The SMILES string of the molecule is Cc1nn2cc(Cc3nc4cnc5ccc(F)cc5c4n3C3CCOC(C)(C)C3)nc2s1. The monoisotopic (exact) mass is 450 g/mol. The van der Waals surface area contributed by atoms with Gasteiger partial charge >= 0.3 is 0 Å². The molecule has 164 valence electrons. The smallest absolute Gasteiger partial charge is 0.212 e. The zero-order valence-corrected chi connectivity index (χ0v) is 19.0. The normalized spacial score (nSPS) is 18.8. The summed E-state index contributed by atoms with van der Waals surface area (Å²) in [5, 5.41) is 6.24. The van der Waals surface area contributed by atoms with E-state index in [1.54, 1.807) is 29.7 Å². The van der Waals surface area contributed by atoms with Crippen molar-refractivity contribution in [3.8, 4) is 0 Å². The highest BCUT2D eigenvalue weighted by atomic mass is 32.1. The molecule has 0 N–H and O–H groups in total. The largest absolute Gasteiger partial charge is 0.375 e. The van der Waals surface area contributed by atoms with E-state index in [2.05, 4.69) is 28.5 Å². The molecule has 0 aliphatic carbocycles. The maximum atomic E-state index is 14.2. The molecule has 0 saturated carbocycles. The Labute approximate surface area is 187 Å². The van der Waals surface area contributed by atoms with Gasteiger partial charge in [-0.2, -0.15) is 5.10 Å². The van der Waals surface area contributed by atoms with Crippen molar-refractivity contribution in [3.05, 3.63) is 52.9 Å². The number of hydrogen-bond acceptors (Lipinski definition) is 6. The molecule has 0 amide bonds. The lowest BCUT2D eigenvalue weighted by atomic mass is 9.93. The summed E-state index contributed by atoms with van der Waals surface area (Å²) in [6, 6.07) is 4.94. The van der Waals surface area contributed by atoms with Crippen molar-refractivity contribution < 1.29 is 9.13 Å². The van der Waals surface area contributed by atoms with Gasteiger partial charge in [-0.15, -0.1) is 0 Å². The highest BCUT2D eigenvalue weighted by Gasteiger charge is 2.32. The minimum absolute atomic E-state index is 0.191. The van der Waals surface area contributed by atoms with Crippen molar-refractivity contribution in [2.45, 2.75) is 51.7 Å². The molecule has 1 aliphatic heterocycles. The highest BCUT2D eigenvalue weighted by Crippen LogP contribution is 2.37. The number of halogens is 1. The maximum Gasteiger partial charge on any atom is 0.212 e. The molecule has 1 aromatic carbocycles. The van der Waals surface area contributed by atoms with Crippen molar-refractivity contribution in [2.75, 3.05) is 6.61 Å². The molecule has 7 nitrogen and oxygen atoms in total. The average Bonchev–Trinajstić information content (AvgIpc) is 3.37. The summed E-state index contributed by atoms with van der Waals surface area (Å²) in [5.41, 5.74) is 3.15. The Morgan fingerprint density at radius 3 is 2.94 bits per heavy atom. The van der Waals surface area contributed by atoms with Crippen molar-refractivity contribution in [3.63, 3.8) is 0 Å². The molecule has 1 atom stereocenters. The van der Waals surface area contributed by atoms with E-state index in [1.165, 1.54) is 6.07 Å². The van der Waals surface area contributed by atoms with Gasteiger partial charge in [0.1, 0.15) is 22.2 Å². The topological polar surface area (TPSA) is 70.1 Å². The molecule has 6 rings (SSSR count). The third-order valence-electron chi connectivity index (χ3n) is 6.12. The number of hydrogen-bond donors (Lipinski definition) is 0. The molecule has 5 aromatic rings. The van der Waals surface area contributed by atoms with Crippen molar-refractivity contribution in [2.24, 2.45) is 0 Å². The zero-order chi connectivity index (χ0) is 22.0. The fraction of sp³-hybridized carbons (Fsp3) is 0.391. The summed E-state index contributed by atoms with van der Waals surface area (Å²) in [6.07, 6.45) is 6.05. The third-order valence-corrected chi connectivity index (χ3v) is 6.96. The second kappa shape index (κ2) is 7.05. The molecule has 32 heavy (non-hydrogen) atoms. The zero-order valence-electron chi connectivity index (χ0n) is 18.2. The Bertz CT molecular complexity index is 1450. The van der Waals surface area contributed by atoms with Gasteiger partial charge in [0, 0.05) is 24.5 Å². The summed E-state index contributed by atoms with van der Waals surface area (Å²) in [5.74, 6) is 0.632. The highest BCUT2D eigenvalue weighted by molar-refractivity contribution is 7.16. The number of nitrogens with zero attached hydrogens (tertiary/aromatic N) is 6. The van der Waals surface area contributed by atoms with E-state index in [0.717, 1.165) is 56.3 Å². The first kappa shape index (κ1) is 19.8. The van der Waals surface area contributed by atoms with Gasteiger partial charge < -0.3 is 9.30 Å². The molecule has 1 saturated heterocycles. The van der Waals surface area contributed by atoms with Crippen molar-refractivity contribution in [1.29, 1.82) is 0 Å². The molecule has 0 bridgehead atoms. The standard InChI is InChI=1S/C23H23FN6OS/c1-13-28-29-12-15(26-22(29)32-13)9-20-27-19-11-25-18-5-4-14(24)8-17(18)21(19)30(20)16-6-7-31-23(2,3)10-16/h4-5,8,11-12,16H,6-7,9-10H2,1-3H3. The summed E-state index contributed by atoms with van der Waals surface area (Å²) in [6.45, 7) is 6.89. The lowest BCUT2D eigenvalue weighted by Gasteiger charge is -2.37. The van der Waals surface area contributed by atoms with E-state index in [0.29, 0.717) is 13.0 Å². The van der Waals surface area contributed by atoms with Gasteiger partial charge in [-0.25, -0.2) is 18.9 Å². The number of fused-ring (bicyclic) bond motifs is 4. The molecular weight excluding hydrogens is 427 g/mol. The first-order valence-corrected chi connectivity index (χ1v) is 11.6. The predicted octanol–water partition coefficient (Wildman–Crippen LogP) is 4.86. The fourth-order valence-electron chi connectivity index (χ4n) is 4.83. The van der Waals surface area contributed by atoms with Gasteiger partial charge in [-0.1, -0.05) is 11.3 Å². The number of aromatic nitrogens is 6. The van der Waals surface area contributed by atoms with Gasteiger partial charge in [-0.3, -0.25) is 4.98 Å². The predicted molar refractivity (Wildman–Crippen MR) is 122 cm³/mol. The van der Waals surface area contributed by atoms with Crippen molar-refractivity contribution in [1.82, 2.24) is 29.1 Å². The Morgan fingerprint density at radius 2 is 2.12 bits per heavy atom. The summed E-state index contributed by atoms with van der Waals surface area (Å²) in [7, 11) is 0. The first-order valence-electron chi connectivity index (χ1n) is 10.8. The van der Waals surface area contributed by atoms with Gasteiger partial charge in [0.15, 0.2) is 0 Å². The van der Waals surface area contributed by atoms with Crippen LogP contribution in [-0.4, -0.2) is 41.3 Å². The summed E-state index contributed by atoms with van der Waals surface area (Å²) < 4.78 is 24.3. The molecular formula is C23H23FN6OS. The molecule has 1 fully saturated rings. The Morgan fingerprint density at radius 1 is 1.25 bits per heavy atom. The fourth-order valence-corrected chi connectivity index (χ4v) is 5.57. The van der Waals surface area contributed by atoms with Crippen LogP contribution in [0.15, 0.2) is 30.6 Å². The Kier molecular flexibility index (Phi) is 4.35. The third kappa shape index (κ3) is 3.27. The van der Waals surface area contributed by atoms with E-state index < -0.39 is 0 Å². The number of benzene rings is 1. The van der Waals surface area contributed by atoms with Crippen molar-refractivity contribution >= 4 is 38.2 Å². The maximum absolute atomic E-state index is 14.2.